The molecule has 31 rings (SSSR count). The number of hydrogen-bond donors (Lipinski definition) is 0. The quantitative estimate of drug-likeness (QED) is 0.108. The second-order valence-electron chi connectivity index (χ2n) is 38.4. The Morgan fingerprint density at radius 2 is 0.389 bits per heavy atom. The van der Waals surface area contributed by atoms with E-state index >= 15 is 0 Å². The number of fused-ring (bicyclic) bond motifs is 26. The fourth-order valence-electron chi connectivity index (χ4n) is 23.4. The molecule has 0 saturated carbocycles. The van der Waals surface area contributed by atoms with Gasteiger partial charge in [-0.25, -0.2) is 0 Å². The highest BCUT2D eigenvalue weighted by molar-refractivity contribution is 6.24. The average molecular weight is 1900 g/mol. The van der Waals surface area contributed by atoms with Gasteiger partial charge in [-0.3, -0.25) is 0 Å². The maximum absolute atomic E-state index is 6.66. The maximum Gasteiger partial charge on any atom is 0.143 e. The Labute approximate surface area is 857 Å². The van der Waals surface area contributed by atoms with Gasteiger partial charge < -0.3 is 41.7 Å². The summed E-state index contributed by atoms with van der Waals surface area (Å²) >= 11 is 0. The van der Waals surface area contributed by atoms with Crippen LogP contribution in [-0.4, -0.2) is 13.7 Å². The fourth-order valence-corrected chi connectivity index (χ4v) is 23.4. The number of para-hydroxylation sites is 6. The van der Waals surface area contributed by atoms with Crippen molar-refractivity contribution in [1.82, 2.24) is 13.7 Å². The summed E-state index contributed by atoms with van der Waals surface area (Å²) in [7, 11) is 0. The van der Waals surface area contributed by atoms with Crippen molar-refractivity contribution < 1.29 is 13.3 Å². The van der Waals surface area contributed by atoms with Crippen molar-refractivity contribution in [3.05, 3.63) is 546 Å². The van der Waals surface area contributed by atoms with Gasteiger partial charge >= 0.3 is 0 Å². The van der Waals surface area contributed by atoms with Gasteiger partial charge in [0.2, 0.25) is 0 Å². The molecule has 31 aromatic rings. The van der Waals surface area contributed by atoms with E-state index < -0.39 is 0 Å². The van der Waals surface area contributed by atoms with Gasteiger partial charge in [0.15, 0.2) is 0 Å². The molecule has 0 amide bonds. The molecule has 149 heavy (non-hydrogen) atoms. The topological polar surface area (TPSA) is 63.9 Å². The number of rotatable bonds is 14. The van der Waals surface area contributed by atoms with Crippen molar-refractivity contribution in [1.29, 1.82) is 0 Å². The molecule has 0 N–H and O–H groups in total. The minimum atomic E-state index is 0.872. The second kappa shape index (κ2) is 35.5. The molecule has 0 radical (unpaired) electrons. The van der Waals surface area contributed by atoms with Crippen molar-refractivity contribution >= 4 is 236 Å². The van der Waals surface area contributed by atoms with E-state index in [1.807, 2.05) is 0 Å². The minimum absolute atomic E-state index is 0.872. The van der Waals surface area contributed by atoms with Crippen LogP contribution in [-0.2, 0) is 0 Å². The van der Waals surface area contributed by atoms with E-state index in [1.54, 1.807) is 0 Å². The van der Waals surface area contributed by atoms with Crippen LogP contribution < -0.4 is 14.7 Å². The van der Waals surface area contributed by atoms with Crippen LogP contribution in [0.1, 0.15) is 0 Å². The molecule has 6 aromatic heterocycles. The first-order chi connectivity index (χ1) is 73.9. The van der Waals surface area contributed by atoms with Crippen molar-refractivity contribution in [2.24, 2.45) is 0 Å². The first-order valence-corrected chi connectivity index (χ1v) is 50.8. The predicted molar refractivity (Wildman–Crippen MR) is 627 cm³/mol. The third-order valence-electron chi connectivity index (χ3n) is 30.1. The van der Waals surface area contributed by atoms with E-state index in [9.17, 15) is 0 Å². The maximum atomic E-state index is 6.66. The van der Waals surface area contributed by atoms with E-state index in [1.165, 1.54) is 125 Å². The molecular weight excluding hydrogens is 1810 g/mol. The molecule has 0 spiro atoms. The Balaban J connectivity index is 0.000000105. The van der Waals surface area contributed by atoms with Gasteiger partial charge in [0.05, 0.1) is 77.7 Å². The van der Waals surface area contributed by atoms with Gasteiger partial charge in [-0.05, 0) is 231 Å². The van der Waals surface area contributed by atoms with Crippen LogP contribution in [0.3, 0.4) is 0 Å². The highest BCUT2D eigenvalue weighted by Gasteiger charge is 2.29. The summed E-state index contributed by atoms with van der Waals surface area (Å²) < 4.78 is 27.0. The highest BCUT2D eigenvalue weighted by Crippen LogP contribution is 2.52. The van der Waals surface area contributed by atoms with Crippen molar-refractivity contribution in [2.45, 2.75) is 0 Å². The molecule has 0 aliphatic rings. The van der Waals surface area contributed by atoms with Crippen LogP contribution >= 0.6 is 0 Å². The number of benzene rings is 25. The summed E-state index contributed by atoms with van der Waals surface area (Å²) in [5.74, 6) is 0. The summed E-state index contributed by atoms with van der Waals surface area (Å²) in [6, 6.07) is 195. The largest absolute Gasteiger partial charge is 0.455 e. The molecule has 9 nitrogen and oxygen atoms in total. The van der Waals surface area contributed by atoms with Crippen LogP contribution in [0.25, 0.3) is 224 Å². The zero-order chi connectivity index (χ0) is 98.1. The number of nitrogens with zero attached hydrogens (tertiary/aromatic N) is 6. The van der Waals surface area contributed by atoms with Gasteiger partial charge in [-0.15, -0.1) is 0 Å². The Morgan fingerprint density at radius 1 is 0.141 bits per heavy atom. The van der Waals surface area contributed by atoms with Crippen LogP contribution in [0.2, 0.25) is 0 Å². The van der Waals surface area contributed by atoms with Crippen molar-refractivity contribution in [2.75, 3.05) is 14.7 Å². The molecule has 9 heteroatoms. The summed E-state index contributed by atoms with van der Waals surface area (Å²) in [6.45, 7) is 0. The lowest BCUT2D eigenvalue weighted by molar-refractivity contribution is 0.672. The molecule has 25 aromatic carbocycles. The molecule has 0 saturated heterocycles. The lowest BCUT2D eigenvalue weighted by Crippen LogP contribution is -2.11. The Bertz CT molecular complexity index is 10600. The van der Waals surface area contributed by atoms with Gasteiger partial charge in [0.1, 0.15) is 33.5 Å². The van der Waals surface area contributed by atoms with Crippen LogP contribution in [0.4, 0.5) is 51.2 Å². The van der Waals surface area contributed by atoms with Gasteiger partial charge in [0, 0.05) is 115 Å². The second-order valence-corrected chi connectivity index (χ2v) is 38.4. The smallest absolute Gasteiger partial charge is 0.143 e. The van der Waals surface area contributed by atoms with Crippen molar-refractivity contribution in [3.8, 4) is 39.3 Å². The van der Waals surface area contributed by atoms with E-state index in [0.717, 1.165) is 150 Å². The van der Waals surface area contributed by atoms with Crippen LogP contribution in [0, 0.1) is 0 Å². The predicted octanol–water partition coefficient (Wildman–Crippen LogP) is 39.6. The summed E-state index contributed by atoms with van der Waals surface area (Å²) in [6.07, 6.45) is 0. The molecule has 0 bridgehead atoms. The zero-order valence-electron chi connectivity index (χ0n) is 80.9. The Morgan fingerprint density at radius 3 is 0.758 bits per heavy atom. The van der Waals surface area contributed by atoms with Crippen molar-refractivity contribution in [3.63, 3.8) is 0 Å². The third kappa shape index (κ3) is 14.4. The van der Waals surface area contributed by atoms with Gasteiger partial charge in [-0.2, -0.15) is 0 Å². The number of hydrogen-bond acceptors (Lipinski definition) is 6. The molecule has 0 aliphatic heterocycles. The molecule has 0 atom stereocenters. The average Bonchev–Trinajstić information content (AvgIpc) is 1.66. The molecule has 0 aliphatic carbocycles. The molecule has 6 heterocycles. The van der Waals surface area contributed by atoms with E-state index in [0.29, 0.717) is 0 Å². The Hall–Kier alpha value is -20.0. The van der Waals surface area contributed by atoms with E-state index in [-0.39, 0.29) is 0 Å². The SMILES string of the molecule is c1cc(N(c2cccc3ccccc23)c2cccc3oc4c5ccccc5ccc4c23)cc(-n2c3ccccc3c3ccccc32)c1.c1ccc(-c2ccc(N(c3ccc(-n4c5ccccc5c5ccccc54)cc3)c3cccc4oc5c6ccccc6ccc5c34)cc2)cc1.c1ccc2c(N(c3ccc(-c4ccc(-n5c6ccccc6c6ccccc65)cc4)cc3)c3cccc4oc5c6ccccc6ccc5c34)cccc2c1. The number of anilines is 9. The number of furan rings is 3. The van der Waals surface area contributed by atoms with Gasteiger partial charge in [-0.1, -0.05) is 364 Å². The molecule has 0 unspecified atom stereocenters. The molecule has 0 fully saturated rings. The lowest BCUT2D eigenvalue weighted by Gasteiger charge is -2.28. The monoisotopic (exact) mass is 1900 g/mol. The number of aromatic nitrogens is 3. The standard InChI is InChI=1S/C50H32N2O.C46H30N2O.C44H28N2O/c1-3-14-39-35(11-1)13-9-20-44(39)52(47-21-10-22-48-49(47)43-32-27-36-12-2-4-15-40(36)50(43)53-48)38-30-25-34(26-31-38)33-23-28-37(29-24-33)51-45-18-7-5-16-41(45)42-17-6-8-19-46(42)51;1-2-11-31(12-3-1)32-21-24-34(25-22-32)47(43-19-10-20-44-45(43)40-30-23-33-13-4-5-14-37(33)46(40)49-44)35-26-28-36(29-27-35)48-41-17-8-6-15-38(41)39-16-7-9-18-42(39)48;1-3-17-33-29(12-1)14-9-23-38(33)46(41-24-11-25-42-43(41)37-27-26-30-13-2-4-18-34(30)44(37)47-42)32-16-10-15-31(28-32)45-39-21-7-5-19-35(39)36-20-6-8-22-40(36)45/h1-32H;1-30H;1-28H. The van der Waals surface area contributed by atoms with E-state index in [4.69, 9.17) is 13.3 Å². The van der Waals surface area contributed by atoms with Crippen LogP contribution in [0.15, 0.2) is 559 Å². The summed E-state index contributed by atoms with van der Waals surface area (Å²) in [4.78, 5) is 7.16. The normalized spacial score (nSPS) is 11.8. The minimum Gasteiger partial charge on any atom is -0.455 e. The first-order valence-electron chi connectivity index (χ1n) is 50.8. The zero-order valence-corrected chi connectivity index (χ0v) is 80.9. The van der Waals surface area contributed by atoms with E-state index in [2.05, 4.69) is 574 Å². The molecule has 698 valence electrons. The lowest BCUT2D eigenvalue weighted by atomic mass is 10.0. The molecular formula is C140H90N6O3. The fraction of sp³-hybridized carbons (Fsp3) is 0. The Kier molecular flexibility index (Phi) is 20.5. The van der Waals surface area contributed by atoms with Crippen LogP contribution in [0.5, 0.6) is 0 Å². The highest BCUT2D eigenvalue weighted by atomic mass is 16.3. The summed E-state index contributed by atoms with van der Waals surface area (Å²) in [5.41, 5.74) is 30.5. The first kappa shape index (κ1) is 85.7. The third-order valence-corrected chi connectivity index (χ3v) is 30.1. The summed E-state index contributed by atoms with van der Waals surface area (Å²) in [5, 5.41) is 25.8. The van der Waals surface area contributed by atoms with Gasteiger partial charge in [0.25, 0.3) is 0 Å².